The van der Waals surface area contributed by atoms with Crippen molar-refractivity contribution in [2.75, 3.05) is 18.1 Å². The van der Waals surface area contributed by atoms with E-state index in [9.17, 15) is 14.4 Å². The maximum Gasteiger partial charge on any atom is 0.359 e. The Hall–Kier alpha value is -3.70. The molecular formula is C21H17ClN4O4. The average molecular weight is 425 g/mol. The fourth-order valence-corrected chi connectivity index (χ4v) is 3.11. The van der Waals surface area contributed by atoms with E-state index in [-0.39, 0.29) is 24.2 Å². The van der Waals surface area contributed by atoms with Crippen LogP contribution in [0.2, 0.25) is 5.02 Å². The van der Waals surface area contributed by atoms with Gasteiger partial charge in [0.15, 0.2) is 12.3 Å². The summed E-state index contributed by atoms with van der Waals surface area (Å²) in [5.74, 6) is -1.35. The molecule has 0 N–H and O–H groups in total. The Labute approximate surface area is 176 Å². The lowest BCUT2D eigenvalue weighted by molar-refractivity contribution is -0.121. The third-order valence-corrected chi connectivity index (χ3v) is 4.58. The van der Waals surface area contributed by atoms with Crippen LogP contribution in [0.15, 0.2) is 53.3 Å². The number of nitriles is 1. The molecule has 0 radical (unpaired) electrons. The van der Waals surface area contributed by atoms with Crippen molar-refractivity contribution in [2.24, 2.45) is 7.05 Å². The lowest BCUT2D eigenvalue weighted by atomic mass is 10.1. The summed E-state index contributed by atoms with van der Waals surface area (Å²) >= 11 is 5.99. The van der Waals surface area contributed by atoms with Gasteiger partial charge in [0, 0.05) is 29.7 Å². The number of rotatable bonds is 6. The number of halogens is 1. The number of carbonyl (C=O) groups is 2. The number of hydrogen-bond acceptors (Lipinski definition) is 6. The Morgan fingerprint density at radius 1 is 1.20 bits per heavy atom. The van der Waals surface area contributed by atoms with Crippen molar-refractivity contribution in [1.29, 1.82) is 5.26 Å². The van der Waals surface area contributed by atoms with Gasteiger partial charge >= 0.3 is 5.97 Å². The summed E-state index contributed by atoms with van der Waals surface area (Å²) in [6.07, 6.45) is 0.0964. The normalized spacial score (nSPS) is 10.4. The highest BCUT2D eigenvalue weighted by Gasteiger charge is 2.21. The molecule has 0 bridgehead atoms. The standard InChI is InChI=1S/C21H17ClN4O4/c1-25-20(28)17-9-3-2-8-16(17)19(24-25)21(29)30-13-18(27)26(11-5-10-23)15-7-4-6-14(22)12-15/h2-4,6-9,12H,5,11,13H2,1H3. The van der Waals surface area contributed by atoms with Crippen LogP contribution in [-0.2, 0) is 16.6 Å². The Morgan fingerprint density at radius 3 is 2.63 bits per heavy atom. The van der Waals surface area contributed by atoms with Crippen molar-refractivity contribution in [3.05, 3.63) is 69.6 Å². The van der Waals surface area contributed by atoms with Crippen LogP contribution < -0.4 is 10.5 Å². The summed E-state index contributed by atoms with van der Waals surface area (Å²) in [6.45, 7) is -0.441. The molecule has 3 rings (SSSR count). The maximum absolute atomic E-state index is 12.7. The number of fused-ring (bicyclic) bond motifs is 1. The minimum absolute atomic E-state index is 0.0631. The Morgan fingerprint density at radius 2 is 1.93 bits per heavy atom. The molecule has 0 atom stereocenters. The largest absolute Gasteiger partial charge is 0.451 e. The van der Waals surface area contributed by atoms with Crippen molar-refractivity contribution in [3.63, 3.8) is 0 Å². The molecule has 1 heterocycles. The second-order valence-electron chi connectivity index (χ2n) is 6.33. The van der Waals surface area contributed by atoms with Gasteiger partial charge in [-0.2, -0.15) is 10.4 Å². The van der Waals surface area contributed by atoms with Gasteiger partial charge in [0.1, 0.15) is 0 Å². The third kappa shape index (κ3) is 4.47. The molecule has 0 aliphatic heterocycles. The summed E-state index contributed by atoms with van der Waals surface area (Å²) in [5, 5.41) is 14.0. The monoisotopic (exact) mass is 424 g/mol. The molecule has 0 unspecified atom stereocenters. The van der Waals surface area contributed by atoms with Crippen molar-refractivity contribution in [1.82, 2.24) is 9.78 Å². The molecule has 0 fully saturated rings. The Bertz CT molecular complexity index is 1220. The van der Waals surface area contributed by atoms with Crippen molar-refractivity contribution in [2.45, 2.75) is 6.42 Å². The number of ether oxygens (including phenoxy) is 1. The smallest absolute Gasteiger partial charge is 0.359 e. The first-order valence-corrected chi connectivity index (χ1v) is 9.36. The summed E-state index contributed by atoms with van der Waals surface area (Å²) in [6, 6.07) is 15.1. The van der Waals surface area contributed by atoms with Gasteiger partial charge in [0.05, 0.1) is 17.9 Å². The number of esters is 1. The molecule has 2 aromatic carbocycles. The molecule has 0 spiro atoms. The predicted molar refractivity (Wildman–Crippen MR) is 111 cm³/mol. The van der Waals surface area contributed by atoms with Gasteiger partial charge in [-0.15, -0.1) is 0 Å². The second-order valence-corrected chi connectivity index (χ2v) is 6.77. The highest BCUT2D eigenvalue weighted by Crippen LogP contribution is 2.20. The first-order chi connectivity index (χ1) is 14.4. The van der Waals surface area contributed by atoms with Gasteiger partial charge in [-0.1, -0.05) is 35.9 Å². The fourth-order valence-electron chi connectivity index (χ4n) is 2.93. The van der Waals surface area contributed by atoms with E-state index in [0.29, 0.717) is 21.5 Å². The molecule has 152 valence electrons. The van der Waals surface area contributed by atoms with Gasteiger partial charge < -0.3 is 9.64 Å². The van der Waals surface area contributed by atoms with Crippen LogP contribution in [0.5, 0.6) is 0 Å². The second kappa shape index (κ2) is 9.20. The molecule has 9 heteroatoms. The predicted octanol–water partition coefficient (Wildman–Crippen LogP) is 2.69. The zero-order valence-electron chi connectivity index (χ0n) is 16.0. The minimum atomic E-state index is -0.832. The van der Waals surface area contributed by atoms with E-state index < -0.39 is 18.5 Å². The highest BCUT2D eigenvalue weighted by atomic mass is 35.5. The molecule has 8 nitrogen and oxygen atoms in total. The zero-order valence-corrected chi connectivity index (χ0v) is 16.8. The number of aromatic nitrogens is 2. The SMILES string of the molecule is Cn1nc(C(=O)OCC(=O)N(CCC#N)c2cccc(Cl)c2)c2ccccc2c1=O. The maximum atomic E-state index is 12.7. The zero-order chi connectivity index (χ0) is 21.7. The number of carbonyl (C=O) groups excluding carboxylic acids is 2. The summed E-state index contributed by atoms with van der Waals surface area (Å²) in [5.41, 5.74) is 0.0816. The first-order valence-electron chi connectivity index (χ1n) is 8.98. The molecule has 3 aromatic rings. The van der Waals surface area contributed by atoms with Crippen LogP contribution in [0, 0.1) is 11.3 Å². The number of hydrogen-bond donors (Lipinski definition) is 0. The van der Waals surface area contributed by atoms with Crippen LogP contribution in [0.25, 0.3) is 10.8 Å². The number of amides is 1. The third-order valence-electron chi connectivity index (χ3n) is 4.34. The van der Waals surface area contributed by atoms with Crippen LogP contribution in [0.4, 0.5) is 5.69 Å². The number of nitrogens with zero attached hydrogens (tertiary/aromatic N) is 4. The van der Waals surface area contributed by atoms with Gasteiger partial charge in [-0.25, -0.2) is 9.48 Å². The van der Waals surface area contributed by atoms with E-state index in [1.54, 1.807) is 48.5 Å². The molecule has 1 amide bonds. The lowest BCUT2D eigenvalue weighted by Crippen LogP contribution is -2.35. The van der Waals surface area contributed by atoms with Gasteiger partial charge in [0.25, 0.3) is 11.5 Å². The van der Waals surface area contributed by atoms with Crippen LogP contribution in [-0.4, -0.2) is 34.8 Å². The van der Waals surface area contributed by atoms with Gasteiger partial charge in [-0.3, -0.25) is 9.59 Å². The van der Waals surface area contributed by atoms with E-state index >= 15 is 0 Å². The van der Waals surface area contributed by atoms with E-state index in [2.05, 4.69) is 5.10 Å². The quantitative estimate of drug-likeness (QED) is 0.563. The molecule has 0 aliphatic rings. The Balaban J connectivity index is 1.82. The molecular weight excluding hydrogens is 408 g/mol. The lowest BCUT2D eigenvalue weighted by Gasteiger charge is -2.21. The van der Waals surface area contributed by atoms with E-state index in [1.807, 2.05) is 6.07 Å². The van der Waals surface area contributed by atoms with Crippen molar-refractivity contribution in [3.8, 4) is 6.07 Å². The average Bonchev–Trinajstić information content (AvgIpc) is 2.75. The molecule has 0 saturated heterocycles. The van der Waals surface area contributed by atoms with Crippen LogP contribution in [0.1, 0.15) is 16.9 Å². The number of benzene rings is 2. The van der Waals surface area contributed by atoms with Crippen molar-refractivity contribution < 1.29 is 14.3 Å². The molecule has 1 aromatic heterocycles. The topological polar surface area (TPSA) is 105 Å². The fraction of sp³-hybridized carbons (Fsp3) is 0.190. The summed E-state index contributed by atoms with van der Waals surface area (Å²) in [4.78, 5) is 38.8. The molecule has 0 saturated carbocycles. The number of anilines is 1. The van der Waals surface area contributed by atoms with E-state index in [1.165, 1.54) is 11.9 Å². The summed E-state index contributed by atoms with van der Waals surface area (Å²) in [7, 11) is 1.43. The van der Waals surface area contributed by atoms with Gasteiger partial charge in [-0.05, 0) is 24.3 Å². The van der Waals surface area contributed by atoms with Gasteiger partial charge in [0.2, 0.25) is 0 Å². The Kier molecular flexibility index (Phi) is 6.45. The first kappa shape index (κ1) is 21.0. The highest BCUT2D eigenvalue weighted by molar-refractivity contribution is 6.30. The van der Waals surface area contributed by atoms with E-state index in [4.69, 9.17) is 21.6 Å². The number of aryl methyl sites for hydroxylation is 1. The van der Waals surface area contributed by atoms with Crippen LogP contribution >= 0.6 is 11.6 Å². The minimum Gasteiger partial charge on any atom is -0.451 e. The van der Waals surface area contributed by atoms with Crippen molar-refractivity contribution >= 4 is 39.9 Å². The van der Waals surface area contributed by atoms with Crippen LogP contribution in [0.3, 0.4) is 0 Å². The molecule has 30 heavy (non-hydrogen) atoms. The van der Waals surface area contributed by atoms with E-state index in [0.717, 1.165) is 4.68 Å². The summed E-state index contributed by atoms with van der Waals surface area (Å²) < 4.78 is 6.23. The molecule has 0 aliphatic carbocycles.